The van der Waals surface area contributed by atoms with Crippen LogP contribution in [-0.4, -0.2) is 30.1 Å². The second-order valence-corrected chi connectivity index (χ2v) is 5.14. The molecular weight excluding hydrogens is 283 g/mol. The van der Waals surface area contributed by atoms with Crippen molar-refractivity contribution in [2.75, 3.05) is 18.1 Å². The van der Waals surface area contributed by atoms with Gasteiger partial charge < -0.3 is 15.7 Å². The van der Waals surface area contributed by atoms with Gasteiger partial charge in [0.05, 0.1) is 12.2 Å². The molecule has 0 radical (unpaired) electrons. The highest BCUT2D eigenvalue weighted by Crippen LogP contribution is 2.36. The number of aliphatic hydroxyl groups is 1. The molecule has 0 bridgehead atoms. The quantitative estimate of drug-likeness (QED) is 0.577. The number of hydrogen-bond donors (Lipinski definition) is 3. The molecule has 0 heterocycles. The van der Waals surface area contributed by atoms with Gasteiger partial charge in [-0.1, -0.05) is 0 Å². The lowest BCUT2D eigenvalue weighted by Gasteiger charge is -2.39. The number of nitrogen functional groups attached to an aromatic ring is 1. The molecular formula is C14H18F3N3O. The highest BCUT2D eigenvalue weighted by Gasteiger charge is 2.35. The van der Waals surface area contributed by atoms with Crippen molar-refractivity contribution < 1.29 is 18.3 Å². The van der Waals surface area contributed by atoms with E-state index in [9.17, 15) is 13.2 Å². The minimum atomic E-state index is -4.54. The molecule has 1 saturated carbocycles. The van der Waals surface area contributed by atoms with Crippen molar-refractivity contribution in [1.29, 1.82) is 5.41 Å². The van der Waals surface area contributed by atoms with Crippen LogP contribution in [0, 0.1) is 5.41 Å². The van der Waals surface area contributed by atoms with Crippen molar-refractivity contribution in [2.24, 2.45) is 5.73 Å². The normalized spacial score (nSPS) is 15.6. The molecule has 4 N–H and O–H groups in total. The van der Waals surface area contributed by atoms with Crippen molar-refractivity contribution in [3.63, 3.8) is 0 Å². The summed E-state index contributed by atoms with van der Waals surface area (Å²) in [6.45, 7) is 0.278. The molecule has 0 amide bonds. The number of hydrogen-bond acceptors (Lipinski definition) is 3. The van der Waals surface area contributed by atoms with Gasteiger partial charge in [0.15, 0.2) is 0 Å². The van der Waals surface area contributed by atoms with Gasteiger partial charge >= 0.3 is 6.18 Å². The maximum atomic E-state index is 12.9. The molecule has 21 heavy (non-hydrogen) atoms. The summed E-state index contributed by atoms with van der Waals surface area (Å²) in [7, 11) is 0. The smallest absolute Gasteiger partial charge is 0.395 e. The third kappa shape index (κ3) is 3.29. The number of rotatable bonds is 5. The molecule has 116 valence electrons. The first-order valence-corrected chi connectivity index (χ1v) is 6.77. The summed E-state index contributed by atoms with van der Waals surface area (Å²) < 4.78 is 38.8. The van der Waals surface area contributed by atoms with Crippen LogP contribution in [0.15, 0.2) is 18.2 Å². The van der Waals surface area contributed by atoms with E-state index < -0.39 is 17.6 Å². The molecule has 0 spiro atoms. The predicted octanol–water partition coefficient (Wildman–Crippen LogP) is 2.34. The Bertz CT molecular complexity index is 527. The average Bonchev–Trinajstić information content (AvgIpc) is 2.34. The molecule has 0 saturated heterocycles. The van der Waals surface area contributed by atoms with Gasteiger partial charge in [-0.15, -0.1) is 0 Å². The Labute approximate surface area is 120 Å². The molecule has 1 aliphatic rings. The summed E-state index contributed by atoms with van der Waals surface area (Å²) in [4.78, 5) is 1.89. The highest BCUT2D eigenvalue weighted by molar-refractivity contribution is 5.97. The molecule has 0 aliphatic heterocycles. The van der Waals surface area contributed by atoms with Crippen LogP contribution >= 0.6 is 0 Å². The fraction of sp³-hybridized carbons (Fsp3) is 0.500. The summed E-state index contributed by atoms with van der Waals surface area (Å²) in [6.07, 6.45) is -1.56. The van der Waals surface area contributed by atoms with Crippen molar-refractivity contribution in [1.82, 2.24) is 0 Å². The Hall–Kier alpha value is -1.76. The topological polar surface area (TPSA) is 73.3 Å². The summed E-state index contributed by atoms with van der Waals surface area (Å²) in [5.41, 5.74) is 4.63. The Morgan fingerprint density at radius 1 is 1.38 bits per heavy atom. The van der Waals surface area contributed by atoms with Crippen molar-refractivity contribution in [2.45, 2.75) is 31.5 Å². The molecule has 0 atom stereocenters. The van der Waals surface area contributed by atoms with Crippen LogP contribution in [-0.2, 0) is 6.18 Å². The van der Waals surface area contributed by atoms with E-state index in [0.29, 0.717) is 12.2 Å². The molecule has 1 aromatic carbocycles. The monoisotopic (exact) mass is 301 g/mol. The molecule has 1 fully saturated rings. The second-order valence-electron chi connectivity index (χ2n) is 5.14. The maximum absolute atomic E-state index is 12.9. The van der Waals surface area contributed by atoms with Crippen LogP contribution < -0.4 is 10.6 Å². The molecule has 0 unspecified atom stereocenters. The van der Waals surface area contributed by atoms with Gasteiger partial charge in [0.1, 0.15) is 5.84 Å². The van der Waals surface area contributed by atoms with Crippen molar-refractivity contribution in [3.05, 3.63) is 29.3 Å². The lowest BCUT2D eigenvalue weighted by atomic mass is 9.90. The molecule has 4 nitrogen and oxygen atoms in total. The van der Waals surface area contributed by atoms with Crippen LogP contribution in [0.25, 0.3) is 0 Å². The number of anilines is 1. The number of alkyl halides is 3. The van der Waals surface area contributed by atoms with Gasteiger partial charge in [0.2, 0.25) is 0 Å². The van der Waals surface area contributed by atoms with E-state index in [-0.39, 0.29) is 18.2 Å². The van der Waals surface area contributed by atoms with Crippen LogP contribution in [0.5, 0.6) is 0 Å². The zero-order valence-electron chi connectivity index (χ0n) is 11.5. The third-order valence-corrected chi connectivity index (χ3v) is 3.79. The first-order valence-electron chi connectivity index (χ1n) is 6.77. The first-order chi connectivity index (χ1) is 9.84. The third-order valence-electron chi connectivity index (χ3n) is 3.79. The van der Waals surface area contributed by atoms with Crippen LogP contribution in [0.1, 0.15) is 30.4 Å². The first kappa shape index (κ1) is 15.6. The number of aliphatic hydroxyl groups excluding tert-OH is 1. The fourth-order valence-corrected chi connectivity index (χ4v) is 2.51. The Morgan fingerprint density at radius 2 is 2.05 bits per heavy atom. The second kappa shape index (κ2) is 5.93. The van der Waals surface area contributed by atoms with E-state index in [1.54, 1.807) is 0 Å². The van der Waals surface area contributed by atoms with E-state index >= 15 is 0 Å². The van der Waals surface area contributed by atoms with Gasteiger partial charge in [-0.2, -0.15) is 13.2 Å². The Kier molecular flexibility index (Phi) is 4.41. The maximum Gasteiger partial charge on any atom is 0.417 e. The molecule has 7 heteroatoms. The summed E-state index contributed by atoms with van der Waals surface area (Å²) in [6, 6.07) is 3.85. The molecule has 1 aromatic rings. The van der Waals surface area contributed by atoms with E-state index in [1.807, 2.05) is 4.90 Å². The van der Waals surface area contributed by atoms with E-state index in [2.05, 4.69) is 0 Å². The number of halogens is 3. The van der Waals surface area contributed by atoms with Crippen LogP contribution in [0.4, 0.5) is 18.9 Å². The number of nitrogens with two attached hydrogens (primary N) is 1. The van der Waals surface area contributed by atoms with Crippen LogP contribution in [0.2, 0.25) is 0 Å². The van der Waals surface area contributed by atoms with Gasteiger partial charge in [-0.25, -0.2) is 0 Å². The van der Waals surface area contributed by atoms with Gasteiger partial charge in [0.25, 0.3) is 0 Å². The fourth-order valence-electron chi connectivity index (χ4n) is 2.51. The van der Waals surface area contributed by atoms with Crippen molar-refractivity contribution >= 4 is 11.5 Å². The standard InChI is InChI=1S/C14H18F3N3O/c15-14(16,17)12-5-4-10(8-11(12)13(18)19)20(6-7-21)9-2-1-3-9/h4-5,8-9,21H,1-3,6-7H2,(H3,18,19). The molecule has 1 aliphatic carbocycles. The lowest BCUT2D eigenvalue weighted by Crippen LogP contribution is -2.42. The van der Waals surface area contributed by atoms with Crippen molar-refractivity contribution in [3.8, 4) is 0 Å². The predicted molar refractivity (Wildman–Crippen MR) is 74.5 cm³/mol. The number of amidine groups is 1. The van der Waals surface area contributed by atoms with E-state index in [4.69, 9.17) is 16.2 Å². The Morgan fingerprint density at radius 3 is 2.48 bits per heavy atom. The van der Waals surface area contributed by atoms with E-state index in [1.165, 1.54) is 12.1 Å². The van der Waals surface area contributed by atoms with Gasteiger partial charge in [-0.05, 0) is 37.5 Å². The number of nitrogens with zero attached hydrogens (tertiary/aromatic N) is 1. The summed E-state index contributed by atoms with van der Waals surface area (Å²) >= 11 is 0. The van der Waals surface area contributed by atoms with Gasteiger partial charge in [0, 0.05) is 23.8 Å². The minimum Gasteiger partial charge on any atom is -0.395 e. The minimum absolute atomic E-state index is 0.0765. The average molecular weight is 301 g/mol. The molecule has 0 aromatic heterocycles. The number of benzene rings is 1. The largest absolute Gasteiger partial charge is 0.417 e. The van der Waals surface area contributed by atoms with E-state index in [0.717, 1.165) is 25.3 Å². The lowest BCUT2D eigenvalue weighted by molar-refractivity contribution is -0.137. The SMILES string of the molecule is N=C(N)c1cc(N(CCO)C2CCC2)ccc1C(F)(F)F. The summed E-state index contributed by atoms with van der Waals surface area (Å²) in [5.74, 6) is -0.610. The number of nitrogens with one attached hydrogen (secondary N) is 1. The Balaban J connectivity index is 2.40. The highest BCUT2D eigenvalue weighted by atomic mass is 19.4. The zero-order chi connectivity index (χ0) is 15.6. The molecule has 2 rings (SSSR count). The van der Waals surface area contributed by atoms with Gasteiger partial charge in [-0.3, -0.25) is 5.41 Å². The van der Waals surface area contributed by atoms with Crippen LogP contribution in [0.3, 0.4) is 0 Å². The zero-order valence-corrected chi connectivity index (χ0v) is 11.5. The summed E-state index contributed by atoms with van der Waals surface area (Å²) in [5, 5.41) is 16.5.